The Balaban J connectivity index is 1.64. The van der Waals surface area contributed by atoms with Crippen LogP contribution in [0, 0.1) is 0 Å². The summed E-state index contributed by atoms with van der Waals surface area (Å²) >= 11 is 0. The van der Waals surface area contributed by atoms with Crippen molar-refractivity contribution in [1.29, 1.82) is 0 Å². The molecule has 2 heteroatoms. The maximum atomic E-state index is 6.69. The maximum Gasteiger partial charge on any atom is 0.0197 e. The van der Waals surface area contributed by atoms with Crippen molar-refractivity contribution in [3.8, 4) is 11.1 Å². The van der Waals surface area contributed by atoms with Crippen LogP contribution in [-0.4, -0.2) is 6.04 Å². The van der Waals surface area contributed by atoms with E-state index in [9.17, 15) is 0 Å². The van der Waals surface area contributed by atoms with Gasteiger partial charge >= 0.3 is 0 Å². The van der Waals surface area contributed by atoms with Gasteiger partial charge in [0.1, 0.15) is 0 Å². The number of benzene rings is 5. The van der Waals surface area contributed by atoms with Crippen LogP contribution in [0.2, 0.25) is 0 Å². The predicted molar refractivity (Wildman–Crippen MR) is 144 cm³/mol. The van der Waals surface area contributed by atoms with E-state index < -0.39 is 0 Å². The van der Waals surface area contributed by atoms with E-state index in [1.807, 2.05) is 0 Å². The maximum absolute atomic E-state index is 6.69. The number of hydrogen-bond acceptors (Lipinski definition) is 1. The highest BCUT2D eigenvalue weighted by atomic mass is 31.1. The molecule has 0 radical (unpaired) electrons. The van der Waals surface area contributed by atoms with Crippen LogP contribution < -0.4 is 5.73 Å². The molecule has 0 spiro atoms. The lowest BCUT2D eigenvalue weighted by Crippen LogP contribution is -2.24. The summed E-state index contributed by atoms with van der Waals surface area (Å²) < 4.78 is 0. The van der Waals surface area contributed by atoms with E-state index in [-0.39, 0.29) is 14.0 Å². The van der Waals surface area contributed by atoms with Crippen LogP contribution in [0.15, 0.2) is 103 Å². The Bertz CT molecular complexity index is 1370. The van der Waals surface area contributed by atoms with E-state index >= 15 is 0 Å². The molecule has 1 nitrogen and oxygen atoms in total. The van der Waals surface area contributed by atoms with Gasteiger partial charge in [-0.05, 0) is 68.6 Å². The Hall–Kier alpha value is -2.99. The Kier molecular flexibility index (Phi) is 5.25. The summed E-state index contributed by atoms with van der Waals surface area (Å²) in [6.07, 6.45) is 2.19. The van der Waals surface area contributed by atoms with Gasteiger partial charge in [-0.15, -0.1) is 0 Å². The molecule has 0 amide bonds. The highest BCUT2D eigenvalue weighted by molar-refractivity contribution is 7.56. The van der Waals surface area contributed by atoms with Crippen molar-refractivity contribution >= 4 is 29.5 Å². The quantitative estimate of drug-likeness (QED) is 0.278. The first-order chi connectivity index (χ1) is 16.2. The predicted octanol–water partition coefficient (Wildman–Crippen LogP) is 8.24. The lowest BCUT2D eigenvalue weighted by Gasteiger charge is -2.31. The molecule has 1 heterocycles. The van der Waals surface area contributed by atoms with Crippen molar-refractivity contribution < 1.29 is 0 Å². The minimum Gasteiger partial charge on any atom is -0.327 e. The van der Waals surface area contributed by atoms with Gasteiger partial charge in [0.25, 0.3) is 0 Å². The molecule has 6 rings (SSSR count). The lowest BCUT2D eigenvalue weighted by molar-refractivity contribution is 0.709. The van der Waals surface area contributed by atoms with Gasteiger partial charge in [-0.1, -0.05) is 111 Å². The summed E-state index contributed by atoms with van der Waals surface area (Å²) in [7, 11) is -0.386. The molecule has 5 aromatic carbocycles. The number of hydrogen-bond donors (Lipinski definition) is 1. The minimum absolute atomic E-state index is 0.115. The third-order valence-electron chi connectivity index (χ3n) is 7.06. The summed E-state index contributed by atoms with van der Waals surface area (Å²) in [5.74, 6) is 0. The van der Waals surface area contributed by atoms with Gasteiger partial charge in [-0.25, -0.2) is 0 Å². The summed E-state index contributed by atoms with van der Waals surface area (Å²) in [6, 6.07) is 38.2. The molecular weight excluding hydrogens is 417 g/mol. The first-order valence-electron chi connectivity index (χ1n) is 11.8. The third kappa shape index (κ3) is 3.57. The molecule has 2 atom stereocenters. The van der Waals surface area contributed by atoms with Gasteiger partial charge in [-0.3, -0.25) is 0 Å². The topological polar surface area (TPSA) is 26.0 Å². The molecule has 1 aliphatic heterocycles. The number of rotatable bonds is 3. The molecule has 2 N–H and O–H groups in total. The van der Waals surface area contributed by atoms with Crippen LogP contribution in [0.3, 0.4) is 0 Å². The monoisotopic (exact) mass is 445 g/mol. The first kappa shape index (κ1) is 20.6. The summed E-state index contributed by atoms with van der Waals surface area (Å²) in [6.45, 7) is 2.19. The van der Waals surface area contributed by atoms with Crippen molar-refractivity contribution in [3.63, 3.8) is 0 Å². The second-order valence-electron chi connectivity index (χ2n) is 9.26. The standard InChI is InChI=1S/C31H28NP/c1-21(32)31(24-11-3-2-4-12-24)33-19-25-17-15-22-9-5-7-13-27(22)29(25)30-26(20-33)18-16-23-10-6-8-14-28(23)30/h2-18,21,31H,19-20,32H2,1H3/t21-,31?/m0/s1. The smallest absolute Gasteiger partial charge is 0.0197 e. The molecule has 0 aromatic heterocycles. The first-order valence-corrected chi connectivity index (χ1v) is 13.5. The van der Waals surface area contributed by atoms with Crippen molar-refractivity contribution in [1.82, 2.24) is 0 Å². The van der Waals surface area contributed by atoms with Crippen LogP contribution in [0.4, 0.5) is 0 Å². The summed E-state index contributed by atoms with van der Waals surface area (Å²) in [5, 5.41) is 5.35. The van der Waals surface area contributed by atoms with Gasteiger partial charge in [0.15, 0.2) is 0 Å². The van der Waals surface area contributed by atoms with E-state index in [0.717, 1.165) is 12.3 Å². The van der Waals surface area contributed by atoms with Crippen molar-refractivity contribution in [2.75, 3.05) is 0 Å². The Morgan fingerprint density at radius 3 is 1.61 bits per heavy atom. The highest BCUT2D eigenvalue weighted by Gasteiger charge is 2.31. The van der Waals surface area contributed by atoms with Crippen molar-refractivity contribution in [2.24, 2.45) is 5.73 Å². The zero-order valence-corrected chi connectivity index (χ0v) is 19.8. The molecule has 0 saturated carbocycles. The van der Waals surface area contributed by atoms with Crippen LogP contribution in [-0.2, 0) is 12.3 Å². The molecule has 5 aromatic rings. The fraction of sp³-hybridized carbons (Fsp3) is 0.161. The third-order valence-corrected chi connectivity index (χ3v) is 10.1. The fourth-order valence-electron chi connectivity index (χ4n) is 5.67. The average Bonchev–Trinajstić information content (AvgIpc) is 3.01. The molecule has 1 aliphatic rings. The van der Waals surface area contributed by atoms with E-state index in [0.29, 0.717) is 5.66 Å². The molecule has 0 aliphatic carbocycles. The molecule has 1 unspecified atom stereocenters. The highest BCUT2D eigenvalue weighted by Crippen LogP contribution is 2.61. The second-order valence-corrected chi connectivity index (χ2v) is 11.6. The van der Waals surface area contributed by atoms with E-state index in [1.165, 1.54) is 49.4 Å². The van der Waals surface area contributed by atoms with Gasteiger partial charge in [-0.2, -0.15) is 0 Å². The van der Waals surface area contributed by atoms with E-state index in [2.05, 4.69) is 110 Å². The van der Waals surface area contributed by atoms with E-state index in [1.54, 1.807) is 0 Å². The van der Waals surface area contributed by atoms with Crippen LogP contribution >= 0.6 is 7.92 Å². The molecule has 0 bridgehead atoms. The second kappa shape index (κ2) is 8.41. The largest absolute Gasteiger partial charge is 0.327 e. The molecule has 0 fully saturated rings. The van der Waals surface area contributed by atoms with Crippen LogP contribution in [0.1, 0.15) is 29.3 Å². The number of fused-ring (bicyclic) bond motifs is 7. The average molecular weight is 446 g/mol. The van der Waals surface area contributed by atoms with Gasteiger partial charge < -0.3 is 5.73 Å². The van der Waals surface area contributed by atoms with E-state index in [4.69, 9.17) is 5.73 Å². The number of nitrogens with two attached hydrogens (primary N) is 1. The zero-order valence-electron chi connectivity index (χ0n) is 18.9. The summed E-state index contributed by atoms with van der Waals surface area (Å²) in [4.78, 5) is 0. The zero-order chi connectivity index (χ0) is 22.4. The van der Waals surface area contributed by atoms with Crippen LogP contribution in [0.25, 0.3) is 32.7 Å². The molecule has 33 heavy (non-hydrogen) atoms. The van der Waals surface area contributed by atoms with Gasteiger partial charge in [0.05, 0.1) is 0 Å². The lowest BCUT2D eigenvalue weighted by atomic mass is 9.88. The van der Waals surface area contributed by atoms with Gasteiger partial charge in [0, 0.05) is 11.7 Å². The molecule has 0 saturated heterocycles. The normalized spacial score (nSPS) is 15.6. The Morgan fingerprint density at radius 2 is 1.09 bits per heavy atom. The fourth-order valence-corrected chi connectivity index (χ4v) is 8.84. The molecular formula is C31H28NP. The minimum atomic E-state index is -0.386. The van der Waals surface area contributed by atoms with Crippen LogP contribution in [0.5, 0.6) is 0 Å². The van der Waals surface area contributed by atoms with Crippen molar-refractivity contribution in [3.05, 3.63) is 120 Å². The SMILES string of the molecule is C[C@H](N)C(c1ccccc1)P1Cc2ccc3ccccc3c2-c2c(ccc3ccccc23)C1. The van der Waals surface area contributed by atoms with Crippen molar-refractivity contribution in [2.45, 2.75) is 30.9 Å². The Labute approximate surface area is 197 Å². The summed E-state index contributed by atoms with van der Waals surface area (Å²) in [5.41, 5.74) is 14.2. The van der Waals surface area contributed by atoms with Gasteiger partial charge in [0.2, 0.25) is 0 Å². The molecule has 162 valence electrons. The Morgan fingerprint density at radius 1 is 0.606 bits per heavy atom.